The Morgan fingerprint density at radius 3 is 3.19 bits per heavy atom. The fourth-order valence-corrected chi connectivity index (χ4v) is 3.32. The van der Waals surface area contributed by atoms with Gasteiger partial charge >= 0.3 is 0 Å². The minimum atomic E-state index is 0.355. The van der Waals surface area contributed by atoms with E-state index in [0.29, 0.717) is 5.54 Å². The van der Waals surface area contributed by atoms with Crippen LogP contribution in [0.3, 0.4) is 0 Å². The number of rotatable bonds is 3. The van der Waals surface area contributed by atoms with Crippen molar-refractivity contribution >= 4 is 11.3 Å². The molecule has 0 radical (unpaired) electrons. The van der Waals surface area contributed by atoms with Gasteiger partial charge in [-0.1, -0.05) is 0 Å². The van der Waals surface area contributed by atoms with Crippen molar-refractivity contribution in [3.8, 4) is 0 Å². The van der Waals surface area contributed by atoms with Crippen molar-refractivity contribution < 1.29 is 0 Å². The lowest BCUT2D eigenvalue weighted by molar-refractivity contribution is 0.120. The zero-order valence-electron chi connectivity index (χ0n) is 9.78. The maximum absolute atomic E-state index is 4.38. The first kappa shape index (κ1) is 10.7. The van der Waals surface area contributed by atoms with E-state index in [-0.39, 0.29) is 0 Å². The standard InChI is InChI=1S/C12H19N3S/c1-12(10-2-3-10)8-15(5-4-14-12)6-11-7-16-9-13-11/h7,9-10,14H,2-6,8H2,1H3. The van der Waals surface area contributed by atoms with Gasteiger partial charge in [0.2, 0.25) is 0 Å². The van der Waals surface area contributed by atoms with Crippen molar-refractivity contribution in [2.45, 2.75) is 31.8 Å². The SMILES string of the molecule is CC1(C2CC2)CN(Cc2cscn2)CCN1. The predicted molar refractivity (Wildman–Crippen MR) is 66.5 cm³/mol. The molecule has 2 heterocycles. The number of aromatic nitrogens is 1. The van der Waals surface area contributed by atoms with Gasteiger partial charge in [-0.05, 0) is 25.7 Å². The van der Waals surface area contributed by atoms with Crippen LogP contribution in [0, 0.1) is 5.92 Å². The van der Waals surface area contributed by atoms with E-state index in [1.165, 1.54) is 25.1 Å². The summed E-state index contributed by atoms with van der Waals surface area (Å²) < 4.78 is 0. The number of thiazole rings is 1. The van der Waals surface area contributed by atoms with Crippen LogP contribution in [-0.2, 0) is 6.54 Å². The zero-order chi connectivity index (χ0) is 11.0. The fraction of sp³-hybridized carbons (Fsp3) is 0.750. The first-order chi connectivity index (χ1) is 7.76. The molecule has 1 aliphatic heterocycles. The van der Waals surface area contributed by atoms with E-state index in [1.54, 1.807) is 11.3 Å². The molecule has 1 saturated carbocycles. The lowest BCUT2D eigenvalue weighted by Crippen LogP contribution is -2.59. The van der Waals surface area contributed by atoms with Gasteiger partial charge in [-0.15, -0.1) is 11.3 Å². The van der Waals surface area contributed by atoms with Gasteiger partial charge in [0, 0.05) is 37.1 Å². The molecule has 16 heavy (non-hydrogen) atoms. The molecule has 0 amide bonds. The number of hydrogen-bond donors (Lipinski definition) is 1. The Kier molecular flexibility index (Phi) is 2.73. The second kappa shape index (κ2) is 4.09. The molecule has 0 spiro atoms. The molecule has 2 aliphatic rings. The van der Waals surface area contributed by atoms with Crippen LogP contribution in [0.4, 0.5) is 0 Å². The van der Waals surface area contributed by atoms with Gasteiger partial charge in [-0.3, -0.25) is 4.90 Å². The Hall–Kier alpha value is -0.450. The maximum Gasteiger partial charge on any atom is 0.0795 e. The molecule has 3 rings (SSSR count). The molecule has 1 aliphatic carbocycles. The number of piperazine rings is 1. The van der Waals surface area contributed by atoms with Crippen LogP contribution in [0.25, 0.3) is 0 Å². The molecule has 88 valence electrons. The summed E-state index contributed by atoms with van der Waals surface area (Å²) in [5.41, 5.74) is 3.51. The summed E-state index contributed by atoms with van der Waals surface area (Å²) in [6.45, 7) is 6.86. The zero-order valence-corrected chi connectivity index (χ0v) is 10.6. The fourth-order valence-electron chi connectivity index (χ4n) is 2.77. The summed E-state index contributed by atoms with van der Waals surface area (Å²) in [5.74, 6) is 0.908. The van der Waals surface area contributed by atoms with E-state index in [9.17, 15) is 0 Å². The van der Waals surface area contributed by atoms with Gasteiger partial charge in [-0.25, -0.2) is 4.98 Å². The number of hydrogen-bond acceptors (Lipinski definition) is 4. The summed E-state index contributed by atoms with van der Waals surface area (Å²) in [7, 11) is 0. The van der Waals surface area contributed by atoms with E-state index in [1.807, 2.05) is 5.51 Å². The minimum absolute atomic E-state index is 0.355. The Morgan fingerprint density at radius 1 is 1.62 bits per heavy atom. The van der Waals surface area contributed by atoms with Crippen molar-refractivity contribution in [1.82, 2.24) is 15.2 Å². The van der Waals surface area contributed by atoms with Crippen molar-refractivity contribution in [1.29, 1.82) is 0 Å². The largest absolute Gasteiger partial charge is 0.309 e. The molecule has 2 fully saturated rings. The van der Waals surface area contributed by atoms with Crippen LogP contribution in [-0.4, -0.2) is 35.1 Å². The van der Waals surface area contributed by atoms with Crippen LogP contribution >= 0.6 is 11.3 Å². The van der Waals surface area contributed by atoms with Crippen LogP contribution in [0.5, 0.6) is 0 Å². The maximum atomic E-state index is 4.38. The average molecular weight is 237 g/mol. The lowest BCUT2D eigenvalue weighted by atomic mass is 9.93. The molecule has 1 aromatic rings. The highest BCUT2D eigenvalue weighted by Crippen LogP contribution is 2.40. The van der Waals surface area contributed by atoms with Crippen molar-refractivity contribution in [3.05, 3.63) is 16.6 Å². The first-order valence-corrected chi connectivity index (χ1v) is 7.05. The third-order valence-corrected chi connectivity index (χ3v) is 4.49. The van der Waals surface area contributed by atoms with E-state index in [0.717, 1.165) is 25.6 Å². The third kappa shape index (κ3) is 2.14. The predicted octanol–water partition coefficient (Wildman–Crippen LogP) is 1.72. The highest BCUT2D eigenvalue weighted by atomic mass is 32.1. The second-order valence-electron chi connectivity index (χ2n) is 5.31. The molecule has 4 heteroatoms. The van der Waals surface area contributed by atoms with E-state index >= 15 is 0 Å². The average Bonchev–Trinajstić information content (AvgIpc) is 3.01. The third-order valence-electron chi connectivity index (χ3n) is 3.86. The highest BCUT2D eigenvalue weighted by Gasteiger charge is 2.43. The Labute approximate surface area is 101 Å². The monoisotopic (exact) mass is 237 g/mol. The minimum Gasteiger partial charge on any atom is -0.309 e. The van der Waals surface area contributed by atoms with E-state index < -0.39 is 0 Å². The molecule has 0 bridgehead atoms. The van der Waals surface area contributed by atoms with Gasteiger partial charge < -0.3 is 5.32 Å². The van der Waals surface area contributed by atoms with Gasteiger partial charge in [0.1, 0.15) is 0 Å². The van der Waals surface area contributed by atoms with E-state index in [4.69, 9.17) is 0 Å². The quantitative estimate of drug-likeness (QED) is 0.867. The van der Waals surface area contributed by atoms with Gasteiger partial charge in [0.25, 0.3) is 0 Å². The van der Waals surface area contributed by atoms with Crippen LogP contribution < -0.4 is 5.32 Å². The van der Waals surface area contributed by atoms with Crippen molar-refractivity contribution in [2.24, 2.45) is 5.92 Å². The Balaban J connectivity index is 1.63. The second-order valence-corrected chi connectivity index (χ2v) is 6.03. The smallest absolute Gasteiger partial charge is 0.0795 e. The summed E-state index contributed by atoms with van der Waals surface area (Å²) in [5, 5.41) is 5.87. The molecule has 3 nitrogen and oxygen atoms in total. The van der Waals surface area contributed by atoms with Crippen molar-refractivity contribution in [3.63, 3.8) is 0 Å². The normalized spacial score (nSPS) is 31.8. The molecule has 1 unspecified atom stereocenters. The van der Waals surface area contributed by atoms with Crippen LogP contribution in [0.15, 0.2) is 10.9 Å². The first-order valence-electron chi connectivity index (χ1n) is 6.11. The molecule has 0 aromatic carbocycles. The molecule has 1 saturated heterocycles. The Morgan fingerprint density at radius 2 is 2.50 bits per heavy atom. The van der Waals surface area contributed by atoms with E-state index in [2.05, 4.69) is 27.5 Å². The van der Waals surface area contributed by atoms with Crippen LogP contribution in [0.1, 0.15) is 25.5 Å². The summed E-state index contributed by atoms with van der Waals surface area (Å²) in [6, 6.07) is 0. The summed E-state index contributed by atoms with van der Waals surface area (Å²) in [6.07, 6.45) is 2.82. The lowest BCUT2D eigenvalue weighted by Gasteiger charge is -2.41. The molecular formula is C12H19N3S. The summed E-state index contributed by atoms with van der Waals surface area (Å²) in [4.78, 5) is 6.92. The van der Waals surface area contributed by atoms with Gasteiger partial charge in [0.15, 0.2) is 0 Å². The van der Waals surface area contributed by atoms with Crippen LogP contribution in [0.2, 0.25) is 0 Å². The van der Waals surface area contributed by atoms with Gasteiger partial charge in [-0.2, -0.15) is 0 Å². The van der Waals surface area contributed by atoms with Crippen molar-refractivity contribution in [2.75, 3.05) is 19.6 Å². The highest BCUT2D eigenvalue weighted by molar-refractivity contribution is 7.07. The molecular weight excluding hydrogens is 218 g/mol. The number of nitrogens with one attached hydrogen (secondary N) is 1. The van der Waals surface area contributed by atoms with Gasteiger partial charge in [0.05, 0.1) is 11.2 Å². The molecule has 1 N–H and O–H groups in total. The summed E-state index contributed by atoms with van der Waals surface area (Å²) >= 11 is 1.69. The molecule has 1 atom stereocenters. The number of nitrogens with zero attached hydrogens (tertiary/aromatic N) is 2. The Bertz CT molecular complexity index is 347. The molecule has 1 aromatic heterocycles. The topological polar surface area (TPSA) is 28.2 Å².